The summed E-state index contributed by atoms with van der Waals surface area (Å²) in [6, 6.07) is -0.792. The summed E-state index contributed by atoms with van der Waals surface area (Å²) in [5, 5.41) is -0.987. The van der Waals surface area contributed by atoms with Gasteiger partial charge in [-0.2, -0.15) is 0 Å². The molecule has 1 aliphatic rings. The molecule has 3 N–H and O–H groups in total. The van der Waals surface area contributed by atoms with E-state index in [0.29, 0.717) is 13.1 Å². The summed E-state index contributed by atoms with van der Waals surface area (Å²) in [4.78, 5) is 13.7. The quantitative estimate of drug-likeness (QED) is 0.697. The molecular weight excluding hydrogens is 286 g/mol. The van der Waals surface area contributed by atoms with Crippen LogP contribution in [0.2, 0.25) is 0 Å². The van der Waals surface area contributed by atoms with Crippen LogP contribution in [0.4, 0.5) is 0 Å². The van der Waals surface area contributed by atoms with Crippen molar-refractivity contribution in [2.45, 2.75) is 44.4 Å². The van der Waals surface area contributed by atoms with Crippen LogP contribution in [0.25, 0.3) is 0 Å². The minimum Gasteiger partial charge on any atom is -0.392 e. The largest absolute Gasteiger partial charge is 0.392 e. The Bertz CT molecular complexity index is 444. The number of nitrogens with one attached hydrogen (secondary N) is 1. The first kappa shape index (κ1) is 16.3. The maximum Gasteiger partial charge on any atom is 0.240 e. The molecule has 2 atom stereocenters. The van der Waals surface area contributed by atoms with E-state index in [-0.39, 0.29) is 10.9 Å². The number of rotatable bonds is 5. The highest BCUT2D eigenvalue weighted by Gasteiger charge is 2.29. The third-order valence-electron chi connectivity index (χ3n) is 3.25. The molecule has 0 radical (unpaired) electrons. The SMILES string of the molecule is CC(NS(=O)(=O)C(C)C(N)=S)C(=O)N1CCCCC1. The number of amides is 1. The van der Waals surface area contributed by atoms with Crippen molar-refractivity contribution in [1.82, 2.24) is 9.62 Å². The van der Waals surface area contributed by atoms with Gasteiger partial charge in [-0.05, 0) is 33.1 Å². The predicted octanol–water partition coefficient (Wildman–Crippen LogP) is -0.0186. The summed E-state index contributed by atoms with van der Waals surface area (Å²) in [6.07, 6.45) is 3.05. The molecule has 1 fully saturated rings. The van der Waals surface area contributed by atoms with E-state index in [9.17, 15) is 13.2 Å². The van der Waals surface area contributed by atoms with Gasteiger partial charge in [0, 0.05) is 13.1 Å². The zero-order chi connectivity index (χ0) is 14.6. The topological polar surface area (TPSA) is 92.5 Å². The lowest BCUT2D eigenvalue weighted by molar-refractivity contribution is -0.133. The molecule has 1 saturated heterocycles. The maximum atomic E-state index is 12.1. The molecule has 6 nitrogen and oxygen atoms in total. The Morgan fingerprint density at radius 2 is 1.79 bits per heavy atom. The van der Waals surface area contributed by atoms with Crippen molar-refractivity contribution in [2.75, 3.05) is 13.1 Å². The average Bonchev–Trinajstić information content (AvgIpc) is 2.37. The van der Waals surface area contributed by atoms with Crippen LogP contribution in [0.3, 0.4) is 0 Å². The highest BCUT2D eigenvalue weighted by atomic mass is 32.2. The summed E-state index contributed by atoms with van der Waals surface area (Å²) in [7, 11) is -3.71. The van der Waals surface area contributed by atoms with Crippen LogP contribution in [0.1, 0.15) is 33.1 Å². The number of nitrogens with zero attached hydrogens (tertiary/aromatic N) is 1. The first-order chi connectivity index (χ1) is 8.75. The number of hydrogen-bond acceptors (Lipinski definition) is 4. The molecule has 0 spiro atoms. The molecule has 2 unspecified atom stereocenters. The first-order valence-corrected chi connectivity index (χ1v) is 8.30. The summed E-state index contributed by atoms with van der Waals surface area (Å²) in [5.41, 5.74) is 5.33. The van der Waals surface area contributed by atoms with Gasteiger partial charge in [-0.3, -0.25) is 4.79 Å². The fourth-order valence-corrected chi connectivity index (χ4v) is 3.42. The number of likely N-dealkylation sites (tertiary alicyclic amines) is 1. The van der Waals surface area contributed by atoms with Crippen molar-refractivity contribution in [2.24, 2.45) is 5.73 Å². The minimum atomic E-state index is -3.71. The van der Waals surface area contributed by atoms with Crippen LogP contribution in [-0.4, -0.2) is 48.6 Å². The fourth-order valence-electron chi connectivity index (χ4n) is 1.94. The molecule has 0 bridgehead atoms. The molecule has 0 aromatic carbocycles. The smallest absolute Gasteiger partial charge is 0.240 e. The fraction of sp³-hybridized carbons (Fsp3) is 0.818. The van der Waals surface area contributed by atoms with Gasteiger partial charge in [0.2, 0.25) is 15.9 Å². The second-order valence-electron chi connectivity index (χ2n) is 4.82. The lowest BCUT2D eigenvalue weighted by Crippen LogP contribution is -2.51. The number of nitrogens with two attached hydrogens (primary N) is 1. The van der Waals surface area contributed by atoms with Crippen LogP contribution < -0.4 is 10.5 Å². The Labute approximate surface area is 119 Å². The molecule has 8 heteroatoms. The van der Waals surface area contributed by atoms with E-state index >= 15 is 0 Å². The van der Waals surface area contributed by atoms with Gasteiger partial charge in [0.1, 0.15) is 5.25 Å². The Morgan fingerprint density at radius 3 is 2.26 bits per heavy atom. The predicted molar refractivity (Wildman–Crippen MR) is 78.2 cm³/mol. The Morgan fingerprint density at radius 1 is 1.26 bits per heavy atom. The monoisotopic (exact) mass is 307 g/mol. The van der Waals surface area contributed by atoms with Gasteiger partial charge in [-0.1, -0.05) is 12.2 Å². The molecule has 0 aliphatic carbocycles. The normalized spacial score (nSPS) is 19.8. The third kappa shape index (κ3) is 4.39. The molecule has 1 rings (SSSR count). The van der Waals surface area contributed by atoms with Crippen molar-refractivity contribution in [3.63, 3.8) is 0 Å². The summed E-state index contributed by atoms with van der Waals surface area (Å²) < 4.78 is 26.2. The van der Waals surface area contributed by atoms with Gasteiger partial charge < -0.3 is 10.6 Å². The highest BCUT2D eigenvalue weighted by molar-refractivity contribution is 7.93. The molecule has 110 valence electrons. The van der Waals surface area contributed by atoms with E-state index in [0.717, 1.165) is 19.3 Å². The minimum absolute atomic E-state index is 0.106. The highest BCUT2D eigenvalue weighted by Crippen LogP contribution is 2.11. The second-order valence-corrected chi connectivity index (χ2v) is 7.32. The van der Waals surface area contributed by atoms with Gasteiger partial charge in [-0.15, -0.1) is 0 Å². The summed E-state index contributed by atoms with van der Waals surface area (Å²) in [5.74, 6) is -0.196. The zero-order valence-corrected chi connectivity index (χ0v) is 12.9. The van der Waals surface area contributed by atoms with Crippen LogP contribution in [-0.2, 0) is 14.8 Å². The molecular formula is C11H21N3O3S2. The van der Waals surface area contributed by atoms with Crippen LogP contribution in [0.5, 0.6) is 0 Å². The number of carbonyl (C=O) groups is 1. The van der Waals surface area contributed by atoms with Gasteiger partial charge in [0.15, 0.2) is 0 Å². The van der Waals surface area contributed by atoms with Crippen LogP contribution >= 0.6 is 12.2 Å². The molecule has 19 heavy (non-hydrogen) atoms. The van der Waals surface area contributed by atoms with Crippen LogP contribution in [0, 0.1) is 0 Å². The van der Waals surface area contributed by atoms with Crippen molar-refractivity contribution in [3.8, 4) is 0 Å². The molecule has 0 aromatic rings. The summed E-state index contributed by atoms with van der Waals surface area (Å²) >= 11 is 4.67. The second kappa shape index (κ2) is 6.62. The van der Waals surface area contributed by atoms with Crippen molar-refractivity contribution in [3.05, 3.63) is 0 Å². The summed E-state index contributed by atoms with van der Waals surface area (Å²) in [6.45, 7) is 4.33. The van der Waals surface area contributed by atoms with Gasteiger partial charge in [-0.25, -0.2) is 13.1 Å². The van der Waals surface area contributed by atoms with Gasteiger partial charge >= 0.3 is 0 Å². The van der Waals surface area contributed by atoms with E-state index in [4.69, 9.17) is 5.73 Å². The van der Waals surface area contributed by atoms with E-state index in [1.807, 2.05) is 0 Å². The lowest BCUT2D eigenvalue weighted by Gasteiger charge is -2.29. The number of sulfonamides is 1. The van der Waals surface area contributed by atoms with Crippen LogP contribution in [0.15, 0.2) is 0 Å². The Kier molecular flexibility index (Phi) is 5.69. The molecule has 0 saturated carbocycles. The molecule has 1 heterocycles. The number of thiocarbonyl (C=S) groups is 1. The first-order valence-electron chi connectivity index (χ1n) is 6.35. The van der Waals surface area contributed by atoms with Crippen molar-refractivity contribution < 1.29 is 13.2 Å². The zero-order valence-electron chi connectivity index (χ0n) is 11.3. The number of hydrogen-bond donors (Lipinski definition) is 2. The standard InChI is InChI=1S/C11H21N3O3S2/c1-8(11(15)14-6-4-3-5-7-14)13-19(16,17)9(2)10(12)18/h8-9,13H,3-7H2,1-2H3,(H2,12,18). The molecule has 0 aromatic heterocycles. The van der Waals surface area contributed by atoms with E-state index < -0.39 is 21.3 Å². The van der Waals surface area contributed by atoms with Crippen molar-refractivity contribution >= 4 is 33.1 Å². The van der Waals surface area contributed by atoms with E-state index in [2.05, 4.69) is 16.9 Å². The van der Waals surface area contributed by atoms with Gasteiger partial charge in [0.25, 0.3) is 0 Å². The Hall–Kier alpha value is -0.730. The maximum absolute atomic E-state index is 12.1. The molecule has 1 aliphatic heterocycles. The van der Waals surface area contributed by atoms with Gasteiger partial charge in [0.05, 0.1) is 11.0 Å². The van der Waals surface area contributed by atoms with E-state index in [1.54, 1.807) is 11.8 Å². The number of piperidine rings is 1. The van der Waals surface area contributed by atoms with E-state index in [1.165, 1.54) is 6.92 Å². The third-order valence-corrected chi connectivity index (χ3v) is 5.62. The van der Waals surface area contributed by atoms with Crippen molar-refractivity contribution in [1.29, 1.82) is 0 Å². The number of carbonyl (C=O) groups excluding carboxylic acids is 1. The average molecular weight is 307 g/mol. The molecule has 1 amide bonds. The Balaban J connectivity index is 2.65. The lowest BCUT2D eigenvalue weighted by atomic mass is 10.1.